The summed E-state index contributed by atoms with van der Waals surface area (Å²) in [6.07, 6.45) is 1.18. The third kappa shape index (κ3) is 2.53. The van der Waals surface area contributed by atoms with E-state index in [1.165, 1.54) is 15.3 Å². The fraction of sp³-hybridized carbons (Fsp3) is 0.375. The molecule has 2 aromatic rings. The minimum atomic E-state index is 0.178. The Morgan fingerprint density at radius 3 is 2.84 bits per heavy atom. The molecule has 3 heteroatoms. The highest BCUT2D eigenvalue weighted by Crippen LogP contribution is 2.42. The third-order valence-electron chi connectivity index (χ3n) is 3.54. The molecule has 0 saturated heterocycles. The van der Waals surface area contributed by atoms with Gasteiger partial charge >= 0.3 is 0 Å². The third-order valence-corrected chi connectivity index (χ3v) is 4.64. The lowest BCUT2D eigenvalue weighted by atomic mass is 9.96. The first-order chi connectivity index (χ1) is 9.28. The van der Waals surface area contributed by atoms with Crippen molar-refractivity contribution in [1.29, 1.82) is 0 Å². The molecule has 0 amide bonds. The second-order valence-electron chi connectivity index (χ2n) is 4.94. The first kappa shape index (κ1) is 12.7. The van der Waals surface area contributed by atoms with E-state index in [1.807, 2.05) is 17.4 Å². The van der Waals surface area contributed by atoms with Gasteiger partial charge in [0.15, 0.2) is 0 Å². The van der Waals surface area contributed by atoms with Crippen LogP contribution in [0.1, 0.15) is 40.8 Å². The zero-order valence-electron chi connectivity index (χ0n) is 11.3. The molecule has 2 atom stereocenters. The van der Waals surface area contributed by atoms with Gasteiger partial charge in [-0.2, -0.15) is 0 Å². The highest BCUT2D eigenvalue weighted by molar-refractivity contribution is 7.12. The first-order valence-corrected chi connectivity index (χ1v) is 7.65. The van der Waals surface area contributed by atoms with Gasteiger partial charge in [-0.3, -0.25) is 0 Å². The van der Waals surface area contributed by atoms with Crippen molar-refractivity contribution in [2.75, 3.05) is 6.54 Å². The molecule has 0 saturated carbocycles. The molecule has 100 valence electrons. The van der Waals surface area contributed by atoms with E-state index in [-0.39, 0.29) is 6.10 Å². The minimum absolute atomic E-state index is 0.178. The quantitative estimate of drug-likeness (QED) is 0.903. The zero-order valence-corrected chi connectivity index (χ0v) is 12.2. The summed E-state index contributed by atoms with van der Waals surface area (Å²) in [4.78, 5) is 2.67. The number of nitrogens with one attached hydrogen (secondary N) is 1. The molecule has 2 heterocycles. The summed E-state index contributed by atoms with van der Waals surface area (Å²) in [6.45, 7) is 5.28. The normalized spacial score (nSPS) is 21.8. The van der Waals surface area contributed by atoms with E-state index in [9.17, 15) is 0 Å². The average molecular weight is 273 g/mol. The lowest BCUT2D eigenvalue weighted by Crippen LogP contribution is -2.28. The van der Waals surface area contributed by atoms with E-state index >= 15 is 0 Å². The Hall–Kier alpha value is -1.32. The van der Waals surface area contributed by atoms with E-state index in [4.69, 9.17) is 4.74 Å². The van der Waals surface area contributed by atoms with Crippen LogP contribution in [0.3, 0.4) is 0 Å². The second-order valence-corrected chi connectivity index (χ2v) is 6.26. The van der Waals surface area contributed by atoms with Crippen LogP contribution >= 0.6 is 11.3 Å². The van der Waals surface area contributed by atoms with Crippen molar-refractivity contribution >= 4 is 11.3 Å². The van der Waals surface area contributed by atoms with Crippen LogP contribution in [-0.4, -0.2) is 6.54 Å². The lowest BCUT2D eigenvalue weighted by Gasteiger charge is -2.32. The number of hydrogen-bond donors (Lipinski definition) is 1. The van der Waals surface area contributed by atoms with Gasteiger partial charge in [-0.1, -0.05) is 25.1 Å². The van der Waals surface area contributed by atoms with Crippen molar-refractivity contribution in [3.05, 3.63) is 51.7 Å². The van der Waals surface area contributed by atoms with Gasteiger partial charge in [0.1, 0.15) is 11.9 Å². The summed E-state index contributed by atoms with van der Waals surface area (Å²) in [6, 6.07) is 13.1. The highest BCUT2D eigenvalue weighted by atomic mass is 32.1. The maximum atomic E-state index is 6.18. The summed E-state index contributed by atoms with van der Waals surface area (Å²) in [5, 5.41) is 3.57. The molecule has 1 aromatic heterocycles. The lowest BCUT2D eigenvalue weighted by molar-refractivity contribution is 0.155. The van der Waals surface area contributed by atoms with Gasteiger partial charge < -0.3 is 10.1 Å². The van der Waals surface area contributed by atoms with Crippen LogP contribution in [0, 0.1) is 6.92 Å². The maximum Gasteiger partial charge on any atom is 0.135 e. The molecular weight excluding hydrogens is 254 g/mol. The fourth-order valence-electron chi connectivity index (χ4n) is 2.66. The van der Waals surface area contributed by atoms with Gasteiger partial charge in [0.2, 0.25) is 0 Å². The van der Waals surface area contributed by atoms with Crippen LogP contribution < -0.4 is 10.1 Å². The Morgan fingerprint density at radius 2 is 2.11 bits per heavy atom. The average Bonchev–Trinajstić information content (AvgIpc) is 2.86. The Kier molecular flexibility index (Phi) is 3.58. The Labute approximate surface area is 118 Å². The van der Waals surface area contributed by atoms with Gasteiger partial charge in [-0.25, -0.2) is 0 Å². The number of thiophene rings is 1. The predicted octanol–water partition coefficient (Wildman–Crippen LogP) is 4.23. The molecule has 1 aromatic carbocycles. The van der Waals surface area contributed by atoms with Crippen molar-refractivity contribution in [1.82, 2.24) is 5.32 Å². The molecule has 1 aliphatic rings. The van der Waals surface area contributed by atoms with E-state index in [0.29, 0.717) is 6.04 Å². The monoisotopic (exact) mass is 273 g/mol. The van der Waals surface area contributed by atoms with Crippen molar-refractivity contribution in [3.63, 3.8) is 0 Å². The zero-order chi connectivity index (χ0) is 13.2. The van der Waals surface area contributed by atoms with Crippen molar-refractivity contribution in [2.45, 2.75) is 32.4 Å². The Morgan fingerprint density at radius 1 is 1.26 bits per heavy atom. The van der Waals surface area contributed by atoms with Crippen LogP contribution in [0.2, 0.25) is 0 Å². The predicted molar refractivity (Wildman–Crippen MR) is 79.9 cm³/mol. The number of benzene rings is 1. The largest absolute Gasteiger partial charge is 0.484 e. The molecule has 1 aliphatic heterocycles. The van der Waals surface area contributed by atoms with Crippen LogP contribution in [0.4, 0.5) is 0 Å². The van der Waals surface area contributed by atoms with E-state index in [2.05, 4.69) is 49.5 Å². The van der Waals surface area contributed by atoms with E-state index in [0.717, 1.165) is 18.7 Å². The molecule has 3 rings (SSSR count). The summed E-state index contributed by atoms with van der Waals surface area (Å²) in [5.41, 5.74) is 1.29. The van der Waals surface area contributed by atoms with E-state index in [1.54, 1.807) is 0 Å². The van der Waals surface area contributed by atoms with Crippen LogP contribution in [0.25, 0.3) is 0 Å². The number of ether oxygens (including phenoxy) is 1. The summed E-state index contributed by atoms with van der Waals surface area (Å²) >= 11 is 1.84. The summed E-state index contributed by atoms with van der Waals surface area (Å²) in [5.74, 6) is 1.02. The van der Waals surface area contributed by atoms with Crippen molar-refractivity contribution in [3.8, 4) is 5.75 Å². The molecular formula is C16H19NOS. The molecule has 2 nitrogen and oxygen atoms in total. The van der Waals surface area contributed by atoms with Crippen LogP contribution in [0.15, 0.2) is 36.4 Å². The Balaban J connectivity index is 1.92. The van der Waals surface area contributed by atoms with Gasteiger partial charge in [0.25, 0.3) is 0 Å². The Bertz CT molecular complexity index is 563. The van der Waals surface area contributed by atoms with Gasteiger partial charge in [-0.05, 0) is 31.7 Å². The molecule has 1 N–H and O–H groups in total. The van der Waals surface area contributed by atoms with Gasteiger partial charge in [0, 0.05) is 27.8 Å². The molecule has 0 spiro atoms. The molecule has 2 unspecified atom stereocenters. The molecule has 0 fully saturated rings. The molecule has 0 radical (unpaired) electrons. The van der Waals surface area contributed by atoms with Crippen LogP contribution in [0.5, 0.6) is 5.75 Å². The van der Waals surface area contributed by atoms with Crippen molar-refractivity contribution in [2.24, 2.45) is 0 Å². The molecule has 0 aliphatic carbocycles. The fourth-order valence-corrected chi connectivity index (χ4v) is 3.58. The smallest absolute Gasteiger partial charge is 0.135 e. The number of fused-ring (bicyclic) bond motifs is 1. The standard InChI is InChI=1S/C16H19NOS/c1-3-17-13-10-15(16-9-8-11(2)19-16)18-14-7-5-4-6-12(13)14/h4-9,13,15,17H,3,10H2,1-2H3. The SMILES string of the molecule is CCNC1CC(c2ccc(C)s2)Oc2ccccc21. The number of aryl methyl sites for hydroxylation is 1. The minimum Gasteiger partial charge on any atom is -0.484 e. The number of hydrogen-bond acceptors (Lipinski definition) is 3. The topological polar surface area (TPSA) is 21.3 Å². The number of rotatable bonds is 3. The number of para-hydroxylation sites is 1. The maximum absolute atomic E-state index is 6.18. The second kappa shape index (κ2) is 5.35. The summed E-state index contributed by atoms with van der Waals surface area (Å²) in [7, 11) is 0. The van der Waals surface area contributed by atoms with Gasteiger partial charge in [-0.15, -0.1) is 11.3 Å². The molecule has 19 heavy (non-hydrogen) atoms. The highest BCUT2D eigenvalue weighted by Gasteiger charge is 2.29. The van der Waals surface area contributed by atoms with Gasteiger partial charge in [0.05, 0.1) is 0 Å². The van der Waals surface area contributed by atoms with Crippen molar-refractivity contribution < 1.29 is 4.74 Å². The first-order valence-electron chi connectivity index (χ1n) is 6.83. The van der Waals surface area contributed by atoms with E-state index < -0.39 is 0 Å². The summed E-state index contributed by atoms with van der Waals surface area (Å²) < 4.78 is 6.18. The van der Waals surface area contributed by atoms with Crippen LogP contribution in [-0.2, 0) is 0 Å². The molecule has 0 bridgehead atoms.